The molecule has 1 aromatic rings. The maximum atomic E-state index is 13.4. The minimum absolute atomic E-state index is 0.0384. The highest BCUT2D eigenvalue weighted by atomic mass is 32.2. The van der Waals surface area contributed by atoms with Gasteiger partial charge in [0, 0.05) is 24.2 Å². The van der Waals surface area contributed by atoms with Crippen molar-refractivity contribution in [3.63, 3.8) is 0 Å². The van der Waals surface area contributed by atoms with Gasteiger partial charge in [-0.05, 0) is 12.8 Å². The Morgan fingerprint density at radius 1 is 1.22 bits per heavy atom. The summed E-state index contributed by atoms with van der Waals surface area (Å²) in [5.41, 5.74) is 4.55. The van der Waals surface area contributed by atoms with Gasteiger partial charge in [0.15, 0.2) is 4.90 Å². The molecule has 4 nitrogen and oxygen atoms in total. The molecule has 2 rings (SSSR count). The van der Waals surface area contributed by atoms with Crippen LogP contribution in [-0.2, 0) is 10.0 Å². The number of hydrogen-bond acceptors (Lipinski definition) is 3. The van der Waals surface area contributed by atoms with E-state index in [9.17, 15) is 21.6 Å². The Labute approximate surface area is 102 Å². The molecule has 0 atom stereocenters. The first kappa shape index (κ1) is 13.3. The number of benzene rings is 1. The second-order valence-electron chi connectivity index (χ2n) is 4.29. The highest BCUT2D eigenvalue weighted by molar-refractivity contribution is 7.89. The lowest BCUT2D eigenvalue weighted by Gasteiger charge is -2.15. The lowest BCUT2D eigenvalue weighted by Crippen LogP contribution is -2.42. The average molecular weight is 280 g/mol. The van der Waals surface area contributed by atoms with E-state index in [1.165, 1.54) is 0 Å². The topological polar surface area (TPSA) is 72.2 Å². The molecule has 3 N–H and O–H groups in total. The molecule has 0 radical (unpaired) electrons. The van der Waals surface area contributed by atoms with Crippen molar-refractivity contribution < 1.29 is 21.6 Å². The van der Waals surface area contributed by atoms with Crippen molar-refractivity contribution in [1.29, 1.82) is 0 Å². The predicted octanol–water partition coefficient (Wildman–Crippen LogP) is 0.873. The van der Waals surface area contributed by atoms with Crippen LogP contribution in [0, 0.1) is 17.5 Å². The van der Waals surface area contributed by atoms with Crippen LogP contribution in [0.5, 0.6) is 0 Å². The second-order valence-corrected chi connectivity index (χ2v) is 5.91. The Hall–Kier alpha value is -1.12. The van der Waals surface area contributed by atoms with Crippen LogP contribution in [0.4, 0.5) is 13.2 Å². The summed E-state index contributed by atoms with van der Waals surface area (Å²) < 4.78 is 65.3. The summed E-state index contributed by atoms with van der Waals surface area (Å²) >= 11 is 0. The third-order valence-corrected chi connectivity index (χ3v) is 4.46. The van der Waals surface area contributed by atoms with E-state index in [0.717, 1.165) is 0 Å². The van der Waals surface area contributed by atoms with E-state index < -0.39 is 37.9 Å². The fourth-order valence-electron chi connectivity index (χ4n) is 1.62. The molecule has 0 saturated heterocycles. The maximum absolute atomic E-state index is 13.4. The minimum atomic E-state index is -4.39. The SMILES string of the molecule is NCC1(NS(=O)(=O)c2c(F)cc(F)cc2F)CC1. The quantitative estimate of drug-likeness (QED) is 0.859. The molecule has 0 bridgehead atoms. The maximum Gasteiger partial charge on any atom is 0.246 e. The van der Waals surface area contributed by atoms with E-state index in [-0.39, 0.29) is 6.54 Å². The zero-order valence-electron chi connectivity index (χ0n) is 9.21. The smallest absolute Gasteiger partial charge is 0.246 e. The van der Waals surface area contributed by atoms with Gasteiger partial charge in [-0.1, -0.05) is 0 Å². The molecule has 0 unspecified atom stereocenters. The lowest BCUT2D eigenvalue weighted by atomic mass is 10.3. The average Bonchev–Trinajstić information content (AvgIpc) is 2.95. The fraction of sp³-hybridized carbons (Fsp3) is 0.400. The third kappa shape index (κ3) is 2.36. The molecule has 18 heavy (non-hydrogen) atoms. The van der Waals surface area contributed by atoms with Crippen molar-refractivity contribution in [1.82, 2.24) is 4.72 Å². The minimum Gasteiger partial charge on any atom is -0.329 e. The van der Waals surface area contributed by atoms with E-state index in [0.29, 0.717) is 25.0 Å². The molecule has 1 saturated carbocycles. The van der Waals surface area contributed by atoms with Crippen molar-refractivity contribution in [2.24, 2.45) is 5.73 Å². The number of nitrogens with two attached hydrogens (primary N) is 1. The molecule has 1 aromatic carbocycles. The first-order chi connectivity index (χ1) is 8.30. The van der Waals surface area contributed by atoms with Crippen molar-refractivity contribution >= 4 is 10.0 Å². The first-order valence-corrected chi connectivity index (χ1v) is 6.67. The largest absolute Gasteiger partial charge is 0.329 e. The van der Waals surface area contributed by atoms with Crippen LogP contribution in [0.25, 0.3) is 0 Å². The van der Waals surface area contributed by atoms with Gasteiger partial charge in [0.05, 0.1) is 0 Å². The number of rotatable bonds is 4. The molecule has 0 amide bonds. The Morgan fingerprint density at radius 2 is 1.72 bits per heavy atom. The van der Waals surface area contributed by atoms with Crippen molar-refractivity contribution in [3.8, 4) is 0 Å². The molecule has 8 heteroatoms. The second kappa shape index (κ2) is 4.22. The molecule has 0 aliphatic heterocycles. The molecule has 1 aliphatic rings. The van der Waals surface area contributed by atoms with E-state index in [4.69, 9.17) is 5.73 Å². The highest BCUT2D eigenvalue weighted by Gasteiger charge is 2.45. The van der Waals surface area contributed by atoms with E-state index in [2.05, 4.69) is 4.72 Å². The predicted molar refractivity (Wildman–Crippen MR) is 57.7 cm³/mol. The van der Waals surface area contributed by atoms with Crippen LogP contribution < -0.4 is 10.5 Å². The van der Waals surface area contributed by atoms with Crippen LogP contribution in [-0.4, -0.2) is 20.5 Å². The van der Waals surface area contributed by atoms with Gasteiger partial charge in [-0.3, -0.25) is 0 Å². The molecular weight excluding hydrogens is 269 g/mol. The fourth-order valence-corrected chi connectivity index (χ4v) is 3.21. The number of sulfonamides is 1. The molecule has 1 aliphatic carbocycles. The van der Waals surface area contributed by atoms with Gasteiger partial charge in [-0.15, -0.1) is 0 Å². The summed E-state index contributed by atoms with van der Waals surface area (Å²) in [5, 5.41) is 0. The normalized spacial score (nSPS) is 17.8. The van der Waals surface area contributed by atoms with Gasteiger partial charge in [-0.2, -0.15) is 0 Å². The summed E-state index contributed by atoms with van der Waals surface area (Å²) in [5.74, 6) is -4.11. The van der Waals surface area contributed by atoms with Gasteiger partial charge >= 0.3 is 0 Å². The summed E-state index contributed by atoms with van der Waals surface area (Å²) in [6.07, 6.45) is 1.01. The number of nitrogens with one attached hydrogen (secondary N) is 1. The summed E-state index contributed by atoms with van der Waals surface area (Å²) in [6.45, 7) is 0.0384. The molecular formula is C10H11F3N2O2S. The van der Waals surface area contributed by atoms with Gasteiger partial charge in [0.25, 0.3) is 0 Å². The molecule has 0 spiro atoms. The van der Waals surface area contributed by atoms with E-state index in [1.807, 2.05) is 0 Å². The summed E-state index contributed by atoms with van der Waals surface area (Å²) in [4.78, 5) is -1.18. The van der Waals surface area contributed by atoms with Crippen molar-refractivity contribution in [2.45, 2.75) is 23.3 Å². The van der Waals surface area contributed by atoms with Crippen LogP contribution in [0.15, 0.2) is 17.0 Å². The highest BCUT2D eigenvalue weighted by Crippen LogP contribution is 2.36. The Morgan fingerprint density at radius 3 is 2.11 bits per heavy atom. The monoisotopic (exact) mass is 280 g/mol. The van der Waals surface area contributed by atoms with Gasteiger partial charge in [-0.25, -0.2) is 26.3 Å². The van der Waals surface area contributed by atoms with Crippen molar-refractivity contribution in [2.75, 3.05) is 6.54 Å². The Bertz CT molecular complexity index is 562. The van der Waals surface area contributed by atoms with E-state index in [1.54, 1.807) is 0 Å². The van der Waals surface area contributed by atoms with Crippen LogP contribution >= 0.6 is 0 Å². The van der Waals surface area contributed by atoms with Crippen molar-refractivity contribution in [3.05, 3.63) is 29.6 Å². The van der Waals surface area contributed by atoms with Gasteiger partial charge in [0.2, 0.25) is 10.0 Å². The zero-order valence-corrected chi connectivity index (χ0v) is 10.0. The first-order valence-electron chi connectivity index (χ1n) is 5.18. The third-order valence-electron chi connectivity index (χ3n) is 2.83. The molecule has 100 valence electrons. The number of hydrogen-bond donors (Lipinski definition) is 2. The molecule has 0 heterocycles. The molecule has 0 aromatic heterocycles. The standard InChI is InChI=1S/C10H11F3N2O2S/c11-6-3-7(12)9(8(13)4-6)18(16,17)15-10(5-14)1-2-10/h3-4,15H,1-2,5,14H2. The summed E-state index contributed by atoms with van der Waals surface area (Å²) in [6, 6.07) is 0.638. The number of halogens is 3. The van der Waals surface area contributed by atoms with E-state index >= 15 is 0 Å². The van der Waals surface area contributed by atoms with Crippen LogP contribution in [0.3, 0.4) is 0 Å². The molecule has 1 fully saturated rings. The lowest BCUT2D eigenvalue weighted by molar-refractivity contribution is 0.487. The van der Waals surface area contributed by atoms with Crippen LogP contribution in [0.1, 0.15) is 12.8 Å². The van der Waals surface area contributed by atoms with Gasteiger partial charge < -0.3 is 5.73 Å². The van der Waals surface area contributed by atoms with Gasteiger partial charge in [0.1, 0.15) is 17.5 Å². The Balaban J connectivity index is 2.42. The van der Waals surface area contributed by atoms with Crippen LogP contribution in [0.2, 0.25) is 0 Å². The summed E-state index contributed by atoms with van der Waals surface area (Å²) in [7, 11) is -4.39. The zero-order chi connectivity index (χ0) is 13.6. The Kier molecular flexibility index (Phi) is 3.12.